The minimum Gasteiger partial charge on any atom is -0.464 e. The summed E-state index contributed by atoms with van der Waals surface area (Å²) in [6, 6.07) is 10.7. The number of carbonyl (C=O) groups is 2. The van der Waals surface area contributed by atoms with Crippen LogP contribution in [-0.2, 0) is 19.6 Å². The van der Waals surface area contributed by atoms with Crippen molar-refractivity contribution in [2.75, 3.05) is 12.4 Å². The summed E-state index contributed by atoms with van der Waals surface area (Å²) < 4.78 is 35.9. The van der Waals surface area contributed by atoms with E-state index in [1.807, 2.05) is 18.2 Å². The zero-order chi connectivity index (χ0) is 17.7. The van der Waals surface area contributed by atoms with E-state index in [-0.39, 0.29) is 12.2 Å². The molecular weight excluding hydrogens is 334 g/mol. The lowest BCUT2D eigenvalue weighted by molar-refractivity contribution is -0.144. The van der Waals surface area contributed by atoms with Gasteiger partial charge < -0.3 is 10.1 Å². The summed E-state index contributed by atoms with van der Waals surface area (Å²) in [4.78, 5) is 24.3. The molecule has 0 spiro atoms. The molecule has 0 aliphatic heterocycles. The molecule has 2 rings (SSSR count). The molecule has 0 unspecified atom stereocenters. The summed E-state index contributed by atoms with van der Waals surface area (Å²) in [6.45, 7) is 1.57. The summed E-state index contributed by atoms with van der Waals surface area (Å²) in [5, 5.41) is 3.80. The van der Waals surface area contributed by atoms with Crippen LogP contribution in [0.25, 0.3) is 10.8 Å². The van der Waals surface area contributed by atoms with E-state index < -0.39 is 33.8 Å². The van der Waals surface area contributed by atoms with E-state index in [0.717, 1.165) is 5.39 Å². The minimum atomic E-state index is -4.47. The highest BCUT2D eigenvalue weighted by atomic mass is 32.2. The smallest absolute Gasteiger partial charge is 0.329 e. The Labute approximate surface area is 139 Å². The normalized spacial score (nSPS) is 12.6. The first-order valence-electron chi connectivity index (χ1n) is 7.22. The number of amides is 1. The van der Waals surface area contributed by atoms with E-state index in [2.05, 4.69) is 5.32 Å². The number of rotatable bonds is 6. The fraction of sp³-hybridized carbons (Fsp3) is 0.250. The number of nitrogens with one attached hydrogen (secondary N) is 1. The first-order chi connectivity index (χ1) is 11.3. The fourth-order valence-corrected chi connectivity index (χ4v) is 2.92. The Balaban J connectivity index is 2.30. The number of hydrogen-bond donors (Lipinski definition) is 2. The number of hydrogen-bond acceptors (Lipinski definition) is 5. The maximum atomic E-state index is 12.5. The lowest BCUT2D eigenvalue weighted by Crippen LogP contribution is -2.46. The summed E-state index contributed by atoms with van der Waals surface area (Å²) >= 11 is 0. The lowest BCUT2D eigenvalue weighted by Gasteiger charge is -2.16. The van der Waals surface area contributed by atoms with E-state index in [9.17, 15) is 18.0 Å². The molecule has 0 fully saturated rings. The zero-order valence-corrected chi connectivity index (χ0v) is 13.7. The molecule has 0 aliphatic carbocycles. The van der Waals surface area contributed by atoms with Crippen LogP contribution in [0.3, 0.4) is 0 Å². The van der Waals surface area contributed by atoms with Crippen LogP contribution in [0, 0.1) is 0 Å². The average Bonchev–Trinajstić information content (AvgIpc) is 2.52. The van der Waals surface area contributed by atoms with Crippen molar-refractivity contribution < 1.29 is 27.3 Å². The van der Waals surface area contributed by atoms with E-state index in [4.69, 9.17) is 9.29 Å². The number of fused-ring (bicyclic) bond motifs is 1. The van der Waals surface area contributed by atoms with Crippen LogP contribution in [0.4, 0.5) is 0 Å². The molecule has 1 amide bonds. The maximum absolute atomic E-state index is 12.5. The highest BCUT2D eigenvalue weighted by Gasteiger charge is 2.28. The second kappa shape index (κ2) is 7.41. The Hall–Kier alpha value is -2.45. The summed E-state index contributed by atoms with van der Waals surface area (Å²) in [6.07, 6.45) is 0. The van der Waals surface area contributed by atoms with Crippen LogP contribution in [0.15, 0.2) is 42.5 Å². The van der Waals surface area contributed by atoms with Crippen molar-refractivity contribution in [2.45, 2.75) is 13.0 Å². The standard InChI is InChI=1S/C16H17NO6S/c1-2-23-16(19)14(10-24(20,21)22)17-15(18)13-9-5-7-11-6-3-4-8-12(11)13/h3-9,14H,2,10H2,1H3,(H,17,18)(H,20,21,22)/t14-/m0/s1. The SMILES string of the molecule is CCOC(=O)[C@H](CS(=O)(=O)O)NC(=O)c1cccc2ccccc12. The van der Waals surface area contributed by atoms with Gasteiger partial charge in [-0.15, -0.1) is 0 Å². The van der Waals surface area contributed by atoms with Crippen LogP contribution in [-0.4, -0.2) is 43.2 Å². The molecule has 0 heterocycles. The van der Waals surface area contributed by atoms with Gasteiger partial charge in [0, 0.05) is 5.56 Å². The van der Waals surface area contributed by atoms with Crippen molar-refractivity contribution in [1.82, 2.24) is 5.32 Å². The third kappa shape index (κ3) is 4.53. The molecule has 2 aromatic carbocycles. The van der Waals surface area contributed by atoms with E-state index >= 15 is 0 Å². The van der Waals surface area contributed by atoms with Crippen molar-refractivity contribution in [3.05, 3.63) is 48.0 Å². The van der Waals surface area contributed by atoms with Crippen LogP contribution in [0.5, 0.6) is 0 Å². The Morgan fingerprint density at radius 3 is 2.50 bits per heavy atom. The molecule has 0 aliphatic rings. The highest BCUT2D eigenvalue weighted by Crippen LogP contribution is 2.18. The Kier molecular flexibility index (Phi) is 5.53. The molecule has 2 N–H and O–H groups in total. The number of esters is 1. The van der Waals surface area contributed by atoms with Gasteiger partial charge in [0.25, 0.3) is 16.0 Å². The molecule has 8 heteroatoms. The van der Waals surface area contributed by atoms with Gasteiger partial charge in [-0.2, -0.15) is 8.42 Å². The average molecular weight is 351 g/mol. The lowest BCUT2D eigenvalue weighted by atomic mass is 10.0. The third-order valence-electron chi connectivity index (χ3n) is 3.29. The third-order valence-corrected chi connectivity index (χ3v) is 4.04. The van der Waals surface area contributed by atoms with Gasteiger partial charge in [-0.05, 0) is 23.8 Å². The summed E-state index contributed by atoms with van der Waals surface area (Å²) in [5.41, 5.74) is 0.290. The number of carbonyl (C=O) groups excluding carboxylic acids is 2. The quantitative estimate of drug-likeness (QED) is 0.601. The Morgan fingerprint density at radius 1 is 1.17 bits per heavy atom. The number of ether oxygens (including phenoxy) is 1. The minimum absolute atomic E-state index is 0.0188. The largest absolute Gasteiger partial charge is 0.464 e. The van der Waals surface area contributed by atoms with Crippen molar-refractivity contribution in [1.29, 1.82) is 0 Å². The van der Waals surface area contributed by atoms with Gasteiger partial charge in [0.15, 0.2) is 0 Å². The predicted octanol–water partition coefficient (Wildman–Crippen LogP) is 1.39. The van der Waals surface area contributed by atoms with Crippen LogP contribution in [0.2, 0.25) is 0 Å². The topological polar surface area (TPSA) is 110 Å². The monoisotopic (exact) mass is 351 g/mol. The van der Waals surface area contributed by atoms with Gasteiger partial charge in [-0.25, -0.2) is 4.79 Å². The van der Waals surface area contributed by atoms with Crippen molar-refractivity contribution >= 4 is 32.8 Å². The maximum Gasteiger partial charge on any atom is 0.329 e. The van der Waals surface area contributed by atoms with Crippen LogP contribution in [0.1, 0.15) is 17.3 Å². The van der Waals surface area contributed by atoms with E-state index in [0.29, 0.717) is 5.39 Å². The predicted molar refractivity (Wildman–Crippen MR) is 88.3 cm³/mol. The molecule has 0 aromatic heterocycles. The zero-order valence-electron chi connectivity index (χ0n) is 12.9. The van der Waals surface area contributed by atoms with Crippen LogP contribution >= 0.6 is 0 Å². The van der Waals surface area contributed by atoms with Gasteiger partial charge >= 0.3 is 5.97 Å². The van der Waals surface area contributed by atoms with Gasteiger partial charge in [-0.3, -0.25) is 9.35 Å². The summed E-state index contributed by atoms with van der Waals surface area (Å²) in [7, 11) is -4.47. The van der Waals surface area contributed by atoms with Gasteiger partial charge in [0.1, 0.15) is 11.8 Å². The van der Waals surface area contributed by atoms with Crippen molar-refractivity contribution in [3.8, 4) is 0 Å². The van der Waals surface area contributed by atoms with E-state index in [1.54, 1.807) is 31.2 Å². The van der Waals surface area contributed by atoms with Crippen molar-refractivity contribution in [3.63, 3.8) is 0 Å². The van der Waals surface area contributed by atoms with Gasteiger partial charge in [0.05, 0.1) is 6.61 Å². The molecular formula is C16H17NO6S. The first-order valence-corrected chi connectivity index (χ1v) is 8.83. The molecule has 1 atom stereocenters. The molecule has 0 saturated carbocycles. The molecule has 7 nitrogen and oxygen atoms in total. The number of benzene rings is 2. The Bertz CT molecular complexity index is 857. The molecule has 0 saturated heterocycles. The summed E-state index contributed by atoms with van der Waals surface area (Å²) in [5.74, 6) is -2.51. The van der Waals surface area contributed by atoms with Gasteiger partial charge in [-0.1, -0.05) is 36.4 Å². The van der Waals surface area contributed by atoms with Crippen molar-refractivity contribution in [2.24, 2.45) is 0 Å². The second-order valence-electron chi connectivity index (χ2n) is 5.05. The molecule has 128 valence electrons. The second-order valence-corrected chi connectivity index (χ2v) is 6.55. The molecule has 2 aromatic rings. The molecule has 24 heavy (non-hydrogen) atoms. The molecule has 0 radical (unpaired) electrons. The first kappa shape index (κ1) is 17.9. The molecule has 0 bridgehead atoms. The van der Waals surface area contributed by atoms with E-state index in [1.165, 1.54) is 0 Å². The Morgan fingerprint density at radius 2 is 1.83 bits per heavy atom. The van der Waals surface area contributed by atoms with Gasteiger partial charge in [0.2, 0.25) is 0 Å². The van der Waals surface area contributed by atoms with Crippen LogP contribution < -0.4 is 5.32 Å². The highest BCUT2D eigenvalue weighted by molar-refractivity contribution is 7.85. The fourth-order valence-electron chi connectivity index (χ4n) is 2.28.